The van der Waals surface area contributed by atoms with E-state index in [0.29, 0.717) is 6.01 Å². The first-order valence-electron chi connectivity index (χ1n) is 5.44. The Morgan fingerprint density at radius 3 is 2.73 bits per heavy atom. The Morgan fingerprint density at radius 1 is 1.40 bits per heavy atom. The SMILES string of the molecule is CCCNCc1coc(NC(C)(C)C)n1. The second-order valence-electron chi connectivity index (χ2n) is 4.70. The van der Waals surface area contributed by atoms with E-state index >= 15 is 0 Å². The summed E-state index contributed by atoms with van der Waals surface area (Å²) in [6, 6.07) is 0.593. The van der Waals surface area contributed by atoms with Crippen LogP contribution in [0.2, 0.25) is 0 Å². The maximum absolute atomic E-state index is 5.31. The molecule has 2 N–H and O–H groups in total. The Bertz CT molecular complexity index is 288. The van der Waals surface area contributed by atoms with Gasteiger partial charge in [0.1, 0.15) is 6.26 Å². The van der Waals surface area contributed by atoms with E-state index in [4.69, 9.17) is 4.42 Å². The second-order valence-corrected chi connectivity index (χ2v) is 4.70. The van der Waals surface area contributed by atoms with Crippen LogP contribution < -0.4 is 10.6 Å². The molecule has 4 heteroatoms. The molecule has 1 heterocycles. The lowest BCUT2D eigenvalue weighted by Gasteiger charge is -2.18. The molecule has 0 amide bonds. The highest BCUT2D eigenvalue weighted by Gasteiger charge is 2.12. The summed E-state index contributed by atoms with van der Waals surface area (Å²) in [6.07, 6.45) is 2.82. The van der Waals surface area contributed by atoms with Gasteiger partial charge in [0.2, 0.25) is 0 Å². The summed E-state index contributed by atoms with van der Waals surface area (Å²) in [6.45, 7) is 10.1. The monoisotopic (exact) mass is 211 g/mol. The van der Waals surface area contributed by atoms with Gasteiger partial charge in [0.05, 0.1) is 5.69 Å². The molecule has 0 aromatic carbocycles. The fraction of sp³-hybridized carbons (Fsp3) is 0.727. The molecule has 0 bridgehead atoms. The van der Waals surface area contributed by atoms with Crippen molar-refractivity contribution in [3.8, 4) is 0 Å². The van der Waals surface area contributed by atoms with Crippen molar-refractivity contribution >= 4 is 6.01 Å². The van der Waals surface area contributed by atoms with Crippen LogP contribution in [0.4, 0.5) is 6.01 Å². The Balaban J connectivity index is 2.42. The number of oxazole rings is 1. The molecular formula is C11H21N3O. The van der Waals surface area contributed by atoms with Crippen LogP contribution in [-0.4, -0.2) is 17.1 Å². The average molecular weight is 211 g/mol. The van der Waals surface area contributed by atoms with Gasteiger partial charge >= 0.3 is 0 Å². The lowest BCUT2D eigenvalue weighted by atomic mass is 10.1. The topological polar surface area (TPSA) is 50.1 Å². The van der Waals surface area contributed by atoms with Crippen LogP contribution in [0, 0.1) is 0 Å². The molecule has 1 aromatic rings. The highest BCUT2D eigenvalue weighted by atomic mass is 16.4. The largest absolute Gasteiger partial charge is 0.432 e. The van der Waals surface area contributed by atoms with E-state index in [1.54, 1.807) is 6.26 Å². The first-order valence-corrected chi connectivity index (χ1v) is 5.44. The van der Waals surface area contributed by atoms with E-state index in [2.05, 4.69) is 43.3 Å². The number of nitrogens with one attached hydrogen (secondary N) is 2. The van der Waals surface area contributed by atoms with Crippen LogP contribution in [0.1, 0.15) is 39.8 Å². The van der Waals surface area contributed by atoms with Gasteiger partial charge < -0.3 is 15.1 Å². The van der Waals surface area contributed by atoms with E-state index in [-0.39, 0.29) is 5.54 Å². The first-order chi connectivity index (χ1) is 7.01. The van der Waals surface area contributed by atoms with Crippen LogP contribution in [0.3, 0.4) is 0 Å². The fourth-order valence-electron chi connectivity index (χ4n) is 1.16. The summed E-state index contributed by atoms with van der Waals surface area (Å²) < 4.78 is 5.31. The van der Waals surface area contributed by atoms with Gasteiger partial charge in [-0.15, -0.1) is 0 Å². The maximum atomic E-state index is 5.31. The van der Waals surface area contributed by atoms with Crippen LogP contribution in [0.15, 0.2) is 10.7 Å². The molecule has 4 nitrogen and oxygen atoms in total. The zero-order valence-electron chi connectivity index (χ0n) is 10.1. The number of hydrogen-bond acceptors (Lipinski definition) is 4. The number of hydrogen-bond donors (Lipinski definition) is 2. The Kier molecular flexibility index (Phi) is 4.15. The van der Waals surface area contributed by atoms with E-state index in [0.717, 1.165) is 25.2 Å². The third kappa shape index (κ3) is 4.83. The standard InChI is InChI=1S/C11H21N3O/c1-5-6-12-7-9-8-15-10(13-9)14-11(2,3)4/h8,12H,5-7H2,1-4H3,(H,13,14). The van der Waals surface area contributed by atoms with Gasteiger partial charge in [-0.1, -0.05) is 6.92 Å². The van der Waals surface area contributed by atoms with Gasteiger partial charge in [-0.2, -0.15) is 4.98 Å². The van der Waals surface area contributed by atoms with Crippen molar-refractivity contribution in [2.75, 3.05) is 11.9 Å². The number of nitrogens with zero attached hydrogens (tertiary/aromatic N) is 1. The summed E-state index contributed by atoms with van der Waals surface area (Å²) in [5.41, 5.74) is 0.925. The van der Waals surface area contributed by atoms with Gasteiger partial charge in [0.25, 0.3) is 6.01 Å². The van der Waals surface area contributed by atoms with Crippen LogP contribution >= 0.6 is 0 Å². The number of anilines is 1. The summed E-state index contributed by atoms with van der Waals surface area (Å²) in [7, 11) is 0. The Morgan fingerprint density at radius 2 is 2.13 bits per heavy atom. The van der Waals surface area contributed by atoms with Gasteiger partial charge in [-0.3, -0.25) is 0 Å². The molecule has 0 fully saturated rings. The molecule has 0 saturated heterocycles. The van der Waals surface area contributed by atoms with Crippen LogP contribution in [0.25, 0.3) is 0 Å². The summed E-state index contributed by atoms with van der Waals surface area (Å²) in [5.74, 6) is 0. The van der Waals surface area contributed by atoms with E-state index in [1.807, 2.05) is 0 Å². The third-order valence-electron chi connectivity index (χ3n) is 1.77. The minimum atomic E-state index is -0.0149. The zero-order chi connectivity index (χ0) is 11.3. The normalized spacial score (nSPS) is 11.7. The minimum Gasteiger partial charge on any atom is -0.432 e. The highest BCUT2D eigenvalue weighted by Crippen LogP contribution is 2.13. The van der Waals surface area contributed by atoms with Crippen molar-refractivity contribution in [3.63, 3.8) is 0 Å². The molecule has 0 saturated carbocycles. The molecule has 1 aromatic heterocycles. The predicted octanol–water partition coefficient (Wildman–Crippen LogP) is 2.38. The van der Waals surface area contributed by atoms with Gasteiger partial charge in [0.15, 0.2) is 0 Å². The van der Waals surface area contributed by atoms with Gasteiger partial charge in [0, 0.05) is 12.1 Å². The lowest BCUT2D eigenvalue weighted by molar-refractivity contribution is 0.529. The number of aromatic nitrogens is 1. The van der Waals surface area contributed by atoms with E-state index < -0.39 is 0 Å². The van der Waals surface area contributed by atoms with Gasteiger partial charge in [-0.25, -0.2) is 0 Å². The van der Waals surface area contributed by atoms with Crippen molar-refractivity contribution in [3.05, 3.63) is 12.0 Å². The third-order valence-corrected chi connectivity index (χ3v) is 1.77. The molecule has 1 rings (SSSR count). The molecule has 0 spiro atoms. The van der Waals surface area contributed by atoms with E-state index in [9.17, 15) is 0 Å². The Labute approximate surface area is 91.5 Å². The van der Waals surface area contributed by atoms with Crippen molar-refractivity contribution in [2.24, 2.45) is 0 Å². The minimum absolute atomic E-state index is 0.0149. The average Bonchev–Trinajstić information content (AvgIpc) is 2.50. The molecule has 15 heavy (non-hydrogen) atoms. The van der Waals surface area contributed by atoms with Crippen molar-refractivity contribution in [1.82, 2.24) is 10.3 Å². The highest BCUT2D eigenvalue weighted by molar-refractivity contribution is 5.24. The molecule has 0 unspecified atom stereocenters. The molecule has 0 atom stereocenters. The lowest BCUT2D eigenvalue weighted by Crippen LogP contribution is -2.26. The smallest absolute Gasteiger partial charge is 0.295 e. The second kappa shape index (κ2) is 5.16. The molecule has 0 aliphatic rings. The first kappa shape index (κ1) is 12.0. The van der Waals surface area contributed by atoms with Gasteiger partial charge in [-0.05, 0) is 33.7 Å². The summed E-state index contributed by atoms with van der Waals surface area (Å²) in [4.78, 5) is 4.33. The molecular weight excluding hydrogens is 190 g/mol. The fourth-order valence-corrected chi connectivity index (χ4v) is 1.16. The Hall–Kier alpha value is -1.03. The molecule has 0 radical (unpaired) electrons. The van der Waals surface area contributed by atoms with Crippen molar-refractivity contribution < 1.29 is 4.42 Å². The molecule has 0 aliphatic heterocycles. The predicted molar refractivity (Wildman–Crippen MR) is 61.9 cm³/mol. The number of rotatable bonds is 5. The van der Waals surface area contributed by atoms with Crippen molar-refractivity contribution in [2.45, 2.75) is 46.2 Å². The molecule has 86 valence electrons. The molecule has 0 aliphatic carbocycles. The van der Waals surface area contributed by atoms with Crippen LogP contribution in [0.5, 0.6) is 0 Å². The quantitative estimate of drug-likeness (QED) is 0.734. The van der Waals surface area contributed by atoms with Crippen LogP contribution in [-0.2, 0) is 6.54 Å². The summed E-state index contributed by atoms with van der Waals surface area (Å²) in [5, 5.41) is 6.46. The van der Waals surface area contributed by atoms with E-state index in [1.165, 1.54) is 0 Å². The zero-order valence-corrected chi connectivity index (χ0v) is 10.1. The maximum Gasteiger partial charge on any atom is 0.295 e. The summed E-state index contributed by atoms with van der Waals surface area (Å²) >= 11 is 0. The van der Waals surface area contributed by atoms with Crippen molar-refractivity contribution in [1.29, 1.82) is 0 Å².